The molecule has 11 heavy (non-hydrogen) atoms. The first-order valence-electron chi connectivity index (χ1n) is 3.15. The monoisotopic (exact) mass is 301 g/mol. The van der Waals surface area contributed by atoms with Gasteiger partial charge in [0.25, 0.3) is 0 Å². The van der Waals surface area contributed by atoms with Crippen molar-refractivity contribution in [3.63, 3.8) is 0 Å². The summed E-state index contributed by atoms with van der Waals surface area (Å²) in [5.74, 6) is 0. The smallest absolute Gasteiger partial charge is 0.135 e. The van der Waals surface area contributed by atoms with Crippen LogP contribution in [0.2, 0.25) is 10.3 Å². The first kappa shape index (κ1) is 9.55. The molecule has 1 aromatic heterocycles. The molecule has 0 aliphatic rings. The van der Waals surface area contributed by atoms with Crippen LogP contribution in [0.25, 0.3) is 0 Å². The van der Waals surface area contributed by atoms with Crippen molar-refractivity contribution in [2.75, 3.05) is 0 Å². The van der Waals surface area contributed by atoms with Gasteiger partial charge in [-0.3, -0.25) is 0 Å². The summed E-state index contributed by atoms with van der Waals surface area (Å²) in [4.78, 5) is 3.93. The lowest BCUT2D eigenvalue weighted by molar-refractivity contribution is 1.09. The van der Waals surface area contributed by atoms with Crippen molar-refractivity contribution in [2.24, 2.45) is 0 Å². The van der Waals surface area contributed by atoms with E-state index in [2.05, 4.69) is 27.6 Å². The normalized spacial score (nSPS) is 10.2. The standard InChI is InChI=1S/C7H6Cl2IN/c1-2-4-5(10)3-6(8)11-7(4)9/h3H,2H2,1H3. The molecule has 0 aliphatic heterocycles. The highest BCUT2D eigenvalue weighted by Gasteiger charge is 2.05. The van der Waals surface area contributed by atoms with Crippen LogP contribution in [0.3, 0.4) is 0 Å². The van der Waals surface area contributed by atoms with E-state index in [1.807, 2.05) is 13.0 Å². The molecule has 0 saturated carbocycles. The number of hydrogen-bond acceptors (Lipinski definition) is 1. The molecule has 60 valence electrons. The average Bonchev–Trinajstić information content (AvgIpc) is 1.85. The van der Waals surface area contributed by atoms with Gasteiger partial charge < -0.3 is 0 Å². The lowest BCUT2D eigenvalue weighted by atomic mass is 10.2. The Hall–Kier alpha value is 0.460. The van der Waals surface area contributed by atoms with Crippen LogP contribution in [0.1, 0.15) is 12.5 Å². The van der Waals surface area contributed by atoms with Crippen LogP contribution in [0.5, 0.6) is 0 Å². The molecule has 0 atom stereocenters. The second kappa shape index (κ2) is 3.92. The zero-order chi connectivity index (χ0) is 8.43. The highest BCUT2D eigenvalue weighted by molar-refractivity contribution is 14.1. The Morgan fingerprint density at radius 3 is 2.64 bits per heavy atom. The first-order chi connectivity index (χ1) is 5.15. The van der Waals surface area contributed by atoms with Crippen LogP contribution in [-0.4, -0.2) is 4.98 Å². The maximum atomic E-state index is 5.83. The van der Waals surface area contributed by atoms with Gasteiger partial charge in [-0.25, -0.2) is 4.98 Å². The maximum absolute atomic E-state index is 5.83. The van der Waals surface area contributed by atoms with Crippen molar-refractivity contribution in [3.8, 4) is 0 Å². The molecule has 0 unspecified atom stereocenters. The Labute approximate surface area is 89.2 Å². The third-order valence-corrected chi connectivity index (χ3v) is 2.81. The third-order valence-electron chi connectivity index (χ3n) is 1.34. The maximum Gasteiger partial charge on any atom is 0.135 e. The summed E-state index contributed by atoms with van der Waals surface area (Å²) in [6.07, 6.45) is 0.890. The van der Waals surface area contributed by atoms with E-state index in [0.717, 1.165) is 15.6 Å². The lowest BCUT2D eigenvalue weighted by Gasteiger charge is -2.02. The zero-order valence-electron chi connectivity index (χ0n) is 5.87. The predicted octanol–water partition coefficient (Wildman–Crippen LogP) is 3.56. The molecule has 1 rings (SSSR count). The van der Waals surface area contributed by atoms with Crippen molar-refractivity contribution < 1.29 is 0 Å². The summed E-state index contributed by atoms with van der Waals surface area (Å²) in [5, 5.41) is 0.973. The first-order valence-corrected chi connectivity index (χ1v) is 4.99. The van der Waals surface area contributed by atoms with E-state index in [1.165, 1.54) is 0 Å². The Bertz CT molecular complexity index is 252. The van der Waals surface area contributed by atoms with E-state index in [-0.39, 0.29) is 0 Å². The van der Waals surface area contributed by atoms with Crippen LogP contribution in [0.15, 0.2) is 6.07 Å². The van der Waals surface area contributed by atoms with Gasteiger partial charge in [0, 0.05) is 9.13 Å². The molecular weight excluding hydrogens is 296 g/mol. The molecule has 0 radical (unpaired) electrons. The van der Waals surface area contributed by atoms with Crippen LogP contribution in [0.4, 0.5) is 0 Å². The van der Waals surface area contributed by atoms with Crippen LogP contribution < -0.4 is 0 Å². The number of pyridine rings is 1. The lowest BCUT2D eigenvalue weighted by Crippen LogP contribution is -1.91. The Morgan fingerprint density at radius 2 is 2.18 bits per heavy atom. The Balaban J connectivity index is 3.25. The topological polar surface area (TPSA) is 12.9 Å². The molecule has 0 aliphatic carbocycles. The minimum Gasteiger partial charge on any atom is -0.224 e. The molecule has 0 bridgehead atoms. The predicted molar refractivity (Wildman–Crippen MR) is 56.4 cm³/mol. The van der Waals surface area contributed by atoms with Gasteiger partial charge in [-0.05, 0) is 35.1 Å². The number of aromatic nitrogens is 1. The summed E-state index contributed by atoms with van der Waals surface area (Å²) in [6.45, 7) is 2.04. The van der Waals surface area contributed by atoms with Crippen LogP contribution >= 0.6 is 45.8 Å². The van der Waals surface area contributed by atoms with Crippen LogP contribution in [-0.2, 0) is 6.42 Å². The molecular formula is C7H6Cl2IN. The van der Waals surface area contributed by atoms with Crippen molar-refractivity contribution in [1.82, 2.24) is 4.98 Å². The van der Waals surface area contributed by atoms with Crippen molar-refractivity contribution in [1.29, 1.82) is 0 Å². The molecule has 4 heteroatoms. The van der Waals surface area contributed by atoms with Gasteiger partial charge >= 0.3 is 0 Å². The largest absolute Gasteiger partial charge is 0.224 e. The highest BCUT2D eigenvalue weighted by Crippen LogP contribution is 2.23. The molecule has 0 aromatic carbocycles. The molecule has 1 aromatic rings. The SMILES string of the molecule is CCc1c(I)cc(Cl)nc1Cl. The number of halogens is 3. The van der Waals surface area contributed by atoms with Gasteiger partial charge in [-0.2, -0.15) is 0 Å². The zero-order valence-corrected chi connectivity index (χ0v) is 9.53. The van der Waals surface area contributed by atoms with E-state index < -0.39 is 0 Å². The van der Waals surface area contributed by atoms with Gasteiger partial charge in [0.1, 0.15) is 10.3 Å². The van der Waals surface area contributed by atoms with Gasteiger partial charge in [-0.1, -0.05) is 30.1 Å². The Morgan fingerprint density at radius 1 is 1.55 bits per heavy atom. The fraction of sp³-hybridized carbons (Fsp3) is 0.286. The summed E-state index contributed by atoms with van der Waals surface area (Å²) in [5.41, 5.74) is 1.07. The summed E-state index contributed by atoms with van der Waals surface area (Å²) < 4.78 is 1.08. The van der Waals surface area contributed by atoms with Gasteiger partial charge in [-0.15, -0.1) is 0 Å². The minimum absolute atomic E-state index is 0.455. The van der Waals surface area contributed by atoms with Crippen molar-refractivity contribution in [3.05, 3.63) is 25.5 Å². The fourth-order valence-electron chi connectivity index (χ4n) is 0.798. The van der Waals surface area contributed by atoms with E-state index in [0.29, 0.717) is 10.3 Å². The number of rotatable bonds is 1. The third kappa shape index (κ3) is 2.20. The molecule has 0 N–H and O–H groups in total. The van der Waals surface area contributed by atoms with Crippen molar-refractivity contribution in [2.45, 2.75) is 13.3 Å². The Kier molecular flexibility index (Phi) is 3.40. The summed E-state index contributed by atoms with van der Waals surface area (Å²) in [6, 6.07) is 1.81. The highest BCUT2D eigenvalue weighted by atomic mass is 127. The van der Waals surface area contributed by atoms with Gasteiger partial charge in [0.2, 0.25) is 0 Å². The molecule has 0 spiro atoms. The minimum atomic E-state index is 0.455. The van der Waals surface area contributed by atoms with Gasteiger partial charge in [0.15, 0.2) is 0 Å². The van der Waals surface area contributed by atoms with E-state index in [1.54, 1.807) is 0 Å². The second-order valence-corrected chi connectivity index (χ2v) is 3.96. The van der Waals surface area contributed by atoms with E-state index in [9.17, 15) is 0 Å². The average molecular weight is 302 g/mol. The molecule has 1 heterocycles. The number of hydrogen-bond donors (Lipinski definition) is 0. The second-order valence-electron chi connectivity index (χ2n) is 2.05. The number of nitrogens with zero attached hydrogens (tertiary/aromatic N) is 1. The van der Waals surface area contributed by atoms with E-state index in [4.69, 9.17) is 23.2 Å². The quantitative estimate of drug-likeness (QED) is 0.571. The summed E-state index contributed by atoms with van der Waals surface area (Å²) >= 11 is 13.7. The van der Waals surface area contributed by atoms with Gasteiger partial charge in [0.05, 0.1) is 0 Å². The molecule has 0 fully saturated rings. The summed E-state index contributed by atoms with van der Waals surface area (Å²) in [7, 11) is 0. The molecule has 0 amide bonds. The molecule has 1 nitrogen and oxygen atoms in total. The fourth-order valence-corrected chi connectivity index (χ4v) is 2.64. The van der Waals surface area contributed by atoms with E-state index >= 15 is 0 Å². The van der Waals surface area contributed by atoms with Crippen LogP contribution in [0, 0.1) is 3.57 Å². The van der Waals surface area contributed by atoms with Crippen molar-refractivity contribution >= 4 is 45.8 Å². The molecule has 0 saturated heterocycles.